The maximum Gasteiger partial charge on any atom is 0.142 e. The van der Waals surface area contributed by atoms with E-state index in [1.54, 1.807) is 16.9 Å². The van der Waals surface area contributed by atoms with E-state index in [1.807, 2.05) is 38.4 Å². The van der Waals surface area contributed by atoms with Gasteiger partial charge < -0.3 is 5.73 Å². The van der Waals surface area contributed by atoms with Crippen LogP contribution in [0.25, 0.3) is 22.4 Å². The van der Waals surface area contributed by atoms with Crippen LogP contribution in [0.1, 0.15) is 11.1 Å². The molecule has 114 valence electrons. The third-order valence-electron chi connectivity index (χ3n) is 3.67. The summed E-state index contributed by atoms with van der Waals surface area (Å²) in [6, 6.07) is 9.51. The van der Waals surface area contributed by atoms with E-state index in [-0.39, 0.29) is 5.82 Å². The van der Waals surface area contributed by atoms with Gasteiger partial charge in [0.2, 0.25) is 0 Å². The number of hydrogen-bond donors (Lipinski definition) is 1. The molecule has 0 spiro atoms. The molecule has 2 heterocycles. The number of pyridine rings is 1. The highest BCUT2D eigenvalue weighted by atomic mass is 35.5. The molecular formula is C17H14ClN5. The van der Waals surface area contributed by atoms with Crippen LogP contribution in [0.15, 0.2) is 36.7 Å². The molecule has 0 aliphatic heterocycles. The van der Waals surface area contributed by atoms with Crippen LogP contribution >= 0.6 is 11.6 Å². The molecule has 0 radical (unpaired) electrons. The summed E-state index contributed by atoms with van der Waals surface area (Å²) in [7, 11) is 1.84. The number of nitriles is 1. The summed E-state index contributed by atoms with van der Waals surface area (Å²) < 4.78 is 1.70. The summed E-state index contributed by atoms with van der Waals surface area (Å²) in [6.45, 7) is 1.92. The fourth-order valence-electron chi connectivity index (χ4n) is 2.64. The molecule has 6 heteroatoms. The highest BCUT2D eigenvalue weighted by Crippen LogP contribution is 2.36. The van der Waals surface area contributed by atoms with Crippen molar-refractivity contribution in [3.8, 4) is 28.5 Å². The lowest BCUT2D eigenvalue weighted by Gasteiger charge is -2.14. The molecule has 0 unspecified atom stereocenters. The predicted molar refractivity (Wildman–Crippen MR) is 90.7 cm³/mol. The zero-order valence-electron chi connectivity index (χ0n) is 12.7. The van der Waals surface area contributed by atoms with Gasteiger partial charge in [0.25, 0.3) is 0 Å². The molecule has 3 rings (SSSR count). The standard InChI is InChI=1S/C17H14ClN5/c1-10-15(11-4-3-5-13(18)6-11)14(7-19)17(20)22-16(10)12-8-21-23(2)9-12/h3-6,8-9H,1-2H3,(H2,20,22). The number of nitrogens with two attached hydrogens (primary N) is 1. The average molecular weight is 324 g/mol. The SMILES string of the molecule is Cc1c(-c2cnn(C)c2)nc(N)c(C#N)c1-c1cccc(Cl)c1. The Kier molecular flexibility index (Phi) is 3.77. The minimum Gasteiger partial charge on any atom is -0.383 e. The number of aryl methyl sites for hydroxylation is 1. The van der Waals surface area contributed by atoms with Crippen molar-refractivity contribution < 1.29 is 0 Å². The number of nitrogens with zero attached hydrogens (tertiary/aromatic N) is 4. The number of hydrogen-bond acceptors (Lipinski definition) is 4. The van der Waals surface area contributed by atoms with Crippen LogP contribution in [-0.2, 0) is 7.05 Å². The Morgan fingerprint density at radius 1 is 1.30 bits per heavy atom. The molecule has 1 aromatic carbocycles. The Balaban J connectivity index is 2.34. The van der Waals surface area contributed by atoms with E-state index in [4.69, 9.17) is 17.3 Å². The second-order valence-electron chi connectivity index (χ2n) is 5.25. The molecule has 3 aromatic rings. The summed E-state index contributed by atoms with van der Waals surface area (Å²) in [4.78, 5) is 4.40. The molecule has 2 N–H and O–H groups in total. The van der Waals surface area contributed by atoms with Gasteiger partial charge in [0.05, 0.1) is 11.9 Å². The molecule has 0 aliphatic carbocycles. The van der Waals surface area contributed by atoms with Gasteiger partial charge in [-0.15, -0.1) is 0 Å². The zero-order valence-corrected chi connectivity index (χ0v) is 13.5. The Morgan fingerprint density at radius 2 is 2.09 bits per heavy atom. The summed E-state index contributed by atoms with van der Waals surface area (Å²) in [5, 5.41) is 14.3. The van der Waals surface area contributed by atoms with E-state index < -0.39 is 0 Å². The van der Waals surface area contributed by atoms with E-state index in [0.717, 1.165) is 22.3 Å². The number of rotatable bonds is 2. The van der Waals surface area contributed by atoms with Crippen molar-refractivity contribution in [2.45, 2.75) is 6.92 Å². The van der Waals surface area contributed by atoms with Crippen molar-refractivity contribution in [2.75, 3.05) is 5.73 Å². The monoisotopic (exact) mass is 323 g/mol. The fraction of sp³-hybridized carbons (Fsp3) is 0.118. The van der Waals surface area contributed by atoms with Crippen molar-refractivity contribution >= 4 is 17.4 Å². The molecule has 0 atom stereocenters. The molecule has 0 amide bonds. The molecule has 0 saturated carbocycles. The van der Waals surface area contributed by atoms with Crippen LogP contribution in [-0.4, -0.2) is 14.8 Å². The van der Waals surface area contributed by atoms with Gasteiger partial charge >= 0.3 is 0 Å². The lowest BCUT2D eigenvalue weighted by molar-refractivity contribution is 0.768. The molecule has 0 bridgehead atoms. The summed E-state index contributed by atoms with van der Waals surface area (Å²) >= 11 is 6.10. The van der Waals surface area contributed by atoms with Crippen molar-refractivity contribution in [1.29, 1.82) is 5.26 Å². The molecule has 23 heavy (non-hydrogen) atoms. The molecule has 2 aromatic heterocycles. The van der Waals surface area contributed by atoms with Crippen LogP contribution in [0.5, 0.6) is 0 Å². The summed E-state index contributed by atoms with van der Waals surface area (Å²) in [5.41, 5.74) is 10.4. The van der Waals surface area contributed by atoms with Crippen molar-refractivity contribution in [3.05, 3.63) is 52.8 Å². The maximum atomic E-state index is 9.50. The van der Waals surface area contributed by atoms with Gasteiger partial charge in [-0.05, 0) is 30.2 Å². The first-order chi connectivity index (χ1) is 11.0. The topological polar surface area (TPSA) is 80.5 Å². The first-order valence-corrected chi connectivity index (χ1v) is 7.34. The fourth-order valence-corrected chi connectivity index (χ4v) is 2.83. The van der Waals surface area contributed by atoms with E-state index in [0.29, 0.717) is 16.3 Å². The maximum absolute atomic E-state index is 9.50. The Morgan fingerprint density at radius 3 is 2.70 bits per heavy atom. The normalized spacial score (nSPS) is 10.5. The number of nitrogen functional groups attached to an aromatic ring is 1. The van der Waals surface area contributed by atoms with Gasteiger partial charge in [-0.2, -0.15) is 10.4 Å². The second-order valence-corrected chi connectivity index (χ2v) is 5.68. The average Bonchev–Trinajstić information content (AvgIpc) is 2.95. The quantitative estimate of drug-likeness (QED) is 0.781. The second kappa shape index (κ2) is 5.75. The highest BCUT2D eigenvalue weighted by Gasteiger charge is 2.19. The summed E-state index contributed by atoms with van der Waals surface area (Å²) in [6.07, 6.45) is 3.59. The molecule has 0 aliphatic rings. The third-order valence-corrected chi connectivity index (χ3v) is 3.91. The van der Waals surface area contributed by atoms with E-state index in [2.05, 4.69) is 16.2 Å². The van der Waals surface area contributed by atoms with E-state index in [9.17, 15) is 5.26 Å². The first kappa shape index (κ1) is 15.1. The van der Waals surface area contributed by atoms with Crippen LogP contribution in [0.2, 0.25) is 5.02 Å². The van der Waals surface area contributed by atoms with Gasteiger partial charge in [0, 0.05) is 29.4 Å². The minimum atomic E-state index is 0.201. The Bertz CT molecular complexity index is 937. The third kappa shape index (κ3) is 2.65. The minimum absolute atomic E-state index is 0.201. The number of anilines is 1. The lowest BCUT2D eigenvalue weighted by Crippen LogP contribution is -2.03. The summed E-state index contributed by atoms with van der Waals surface area (Å²) in [5.74, 6) is 0.201. The largest absolute Gasteiger partial charge is 0.383 e. The van der Waals surface area contributed by atoms with E-state index in [1.165, 1.54) is 0 Å². The van der Waals surface area contributed by atoms with Crippen LogP contribution in [0, 0.1) is 18.3 Å². The Labute approximate surface area is 139 Å². The van der Waals surface area contributed by atoms with Crippen LogP contribution < -0.4 is 5.73 Å². The van der Waals surface area contributed by atoms with Gasteiger partial charge in [-0.1, -0.05) is 23.7 Å². The molecule has 5 nitrogen and oxygen atoms in total. The van der Waals surface area contributed by atoms with Crippen molar-refractivity contribution in [1.82, 2.24) is 14.8 Å². The lowest BCUT2D eigenvalue weighted by atomic mass is 9.93. The van der Waals surface area contributed by atoms with Gasteiger partial charge in [-0.3, -0.25) is 4.68 Å². The van der Waals surface area contributed by atoms with Crippen LogP contribution in [0.3, 0.4) is 0 Å². The van der Waals surface area contributed by atoms with Gasteiger partial charge in [0.15, 0.2) is 0 Å². The van der Waals surface area contributed by atoms with Crippen molar-refractivity contribution in [3.63, 3.8) is 0 Å². The smallest absolute Gasteiger partial charge is 0.142 e. The molecule has 0 fully saturated rings. The molecule has 0 saturated heterocycles. The number of aromatic nitrogens is 3. The number of halogens is 1. The van der Waals surface area contributed by atoms with E-state index >= 15 is 0 Å². The van der Waals surface area contributed by atoms with Gasteiger partial charge in [-0.25, -0.2) is 4.98 Å². The first-order valence-electron chi connectivity index (χ1n) is 6.96. The molecular weight excluding hydrogens is 310 g/mol. The Hall–Kier alpha value is -2.84. The van der Waals surface area contributed by atoms with Crippen molar-refractivity contribution in [2.24, 2.45) is 7.05 Å². The van der Waals surface area contributed by atoms with Crippen LogP contribution in [0.4, 0.5) is 5.82 Å². The highest BCUT2D eigenvalue weighted by molar-refractivity contribution is 6.30. The predicted octanol–water partition coefficient (Wildman–Crippen LogP) is 3.56. The number of benzene rings is 1. The van der Waals surface area contributed by atoms with Gasteiger partial charge in [0.1, 0.15) is 17.5 Å². The zero-order chi connectivity index (χ0) is 16.6.